The summed E-state index contributed by atoms with van der Waals surface area (Å²) in [6.45, 7) is 9.89. The van der Waals surface area contributed by atoms with Gasteiger partial charge in [-0.3, -0.25) is 0 Å². The van der Waals surface area contributed by atoms with Crippen molar-refractivity contribution in [3.8, 4) is 0 Å². The van der Waals surface area contributed by atoms with Crippen molar-refractivity contribution in [2.24, 2.45) is 11.1 Å². The van der Waals surface area contributed by atoms with E-state index in [1.807, 2.05) is 32.9 Å². The highest BCUT2D eigenvalue weighted by Gasteiger charge is 2.41. The lowest BCUT2D eigenvalue weighted by atomic mass is 9.74. The average molecular weight is 237 g/mol. The molecule has 0 amide bonds. The molecular weight excluding hydrogens is 213 g/mol. The van der Waals surface area contributed by atoms with E-state index < -0.39 is 11.1 Å². The molecule has 0 aliphatic carbocycles. The van der Waals surface area contributed by atoms with Crippen molar-refractivity contribution in [2.75, 3.05) is 6.54 Å². The zero-order valence-corrected chi connectivity index (χ0v) is 11.6. The summed E-state index contributed by atoms with van der Waals surface area (Å²) >= 11 is 0. The van der Waals surface area contributed by atoms with Gasteiger partial charge in [-0.2, -0.15) is 0 Å². The van der Waals surface area contributed by atoms with Crippen LogP contribution in [0.25, 0.3) is 0 Å². The first-order valence-corrected chi connectivity index (χ1v) is 6.15. The predicted octanol–water partition coefficient (Wildman–Crippen LogP) is 3.56. The average Bonchev–Trinajstić information content (AvgIpc) is 2.22. The van der Waals surface area contributed by atoms with Gasteiger partial charge >= 0.3 is 0 Å². The van der Waals surface area contributed by atoms with Crippen molar-refractivity contribution in [1.29, 1.82) is 0 Å². The van der Waals surface area contributed by atoms with Crippen molar-refractivity contribution >= 4 is 0 Å². The minimum absolute atomic E-state index is 0.0590. The maximum Gasteiger partial charge on any atom is 0.132 e. The Morgan fingerprint density at radius 3 is 2.12 bits per heavy atom. The van der Waals surface area contributed by atoms with Crippen molar-refractivity contribution < 1.29 is 4.39 Å². The first-order chi connectivity index (χ1) is 7.69. The van der Waals surface area contributed by atoms with E-state index in [4.69, 9.17) is 5.73 Å². The van der Waals surface area contributed by atoms with Gasteiger partial charge in [0.05, 0.1) is 0 Å². The lowest BCUT2D eigenvalue weighted by Gasteiger charge is -2.37. The largest absolute Gasteiger partial charge is 0.327 e. The summed E-state index contributed by atoms with van der Waals surface area (Å²) in [5, 5.41) is 0. The fourth-order valence-electron chi connectivity index (χ4n) is 1.88. The maximum atomic E-state index is 14.8. The van der Waals surface area contributed by atoms with E-state index >= 15 is 0 Å². The van der Waals surface area contributed by atoms with E-state index in [1.54, 1.807) is 0 Å². The number of rotatable bonds is 3. The second-order valence-electron chi connectivity index (χ2n) is 6.01. The Morgan fingerprint density at radius 1 is 1.12 bits per heavy atom. The summed E-state index contributed by atoms with van der Waals surface area (Å²) < 4.78 is 14.8. The highest BCUT2D eigenvalue weighted by atomic mass is 19.1. The normalized spacial score (nSPS) is 15.7. The molecule has 0 radical (unpaired) electrons. The van der Waals surface area contributed by atoms with Gasteiger partial charge in [-0.15, -0.1) is 0 Å². The van der Waals surface area contributed by atoms with Crippen LogP contribution in [0.4, 0.5) is 4.39 Å². The molecule has 1 rings (SSSR count). The van der Waals surface area contributed by atoms with Crippen LogP contribution in [0.2, 0.25) is 0 Å². The van der Waals surface area contributed by atoms with E-state index in [0.29, 0.717) is 6.42 Å². The van der Waals surface area contributed by atoms with Crippen LogP contribution in [-0.4, -0.2) is 12.2 Å². The molecule has 0 saturated carbocycles. The Hall–Kier alpha value is -0.890. The minimum atomic E-state index is -1.35. The maximum absolute atomic E-state index is 14.8. The van der Waals surface area contributed by atoms with Crippen LogP contribution >= 0.6 is 0 Å². The summed E-state index contributed by atoms with van der Waals surface area (Å²) in [7, 11) is 0. The summed E-state index contributed by atoms with van der Waals surface area (Å²) in [5.74, 6) is 0. The molecule has 0 aliphatic rings. The van der Waals surface area contributed by atoms with Crippen LogP contribution in [0.3, 0.4) is 0 Å². The van der Waals surface area contributed by atoms with Gasteiger partial charge in [-0.1, -0.05) is 39.0 Å². The van der Waals surface area contributed by atoms with Crippen molar-refractivity contribution in [1.82, 2.24) is 0 Å². The monoisotopic (exact) mass is 237 g/mol. The highest BCUT2D eigenvalue weighted by molar-refractivity contribution is 5.31. The van der Waals surface area contributed by atoms with Crippen LogP contribution in [0.1, 0.15) is 37.5 Å². The highest BCUT2D eigenvalue weighted by Crippen LogP contribution is 2.36. The van der Waals surface area contributed by atoms with Gasteiger partial charge in [0, 0.05) is 13.0 Å². The quantitative estimate of drug-likeness (QED) is 0.854. The Morgan fingerprint density at radius 2 is 1.71 bits per heavy atom. The molecule has 0 heterocycles. The van der Waals surface area contributed by atoms with Gasteiger partial charge in [0.25, 0.3) is 0 Å². The SMILES string of the molecule is Cc1ccc(CC(F)(CN)C(C)(C)C)cc1C. The first-order valence-electron chi connectivity index (χ1n) is 6.15. The molecule has 1 nitrogen and oxygen atoms in total. The zero-order chi connectivity index (χ0) is 13.3. The van der Waals surface area contributed by atoms with Crippen molar-refractivity contribution in [2.45, 2.75) is 46.7 Å². The van der Waals surface area contributed by atoms with Gasteiger partial charge in [-0.05, 0) is 36.0 Å². The Labute approximate surface area is 104 Å². The van der Waals surface area contributed by atoms with Crippen molar-refractivity contribution in [3.63, 3.8) is 0 Å². The molecule has 2 N–H and O–H groups in total. The third-order valence-electron chi connectivity index (χ3n) is 3.72. The van der Waals surface area contributed by atoms with E-state index in [0.717, 1.165) is 5.56 Å². The summed E-state index contributed by atoms with van der Waals surface area (Å²) in [4.78, 5) is 0. The first kappa shape index (κ1) is 14.2. The van der Waals surface area contributed by atoms with Crippen LogP contribution in [0.5, 0.6) is 0 Å². The number of hydrogen-bond acceptors (Lipinski definition) is 1. The zero-order valence-electron chi connectivity index (χ0n) is 11.6. The molecule has 1 atom stereocenters. The number of aryl methyl sites for hydroxylation is 2. The van der Waals surface area contributed by atoms with Crippen LogP contribution in [0, 0.1) is 19.3 Å². The number of nitrogens with two attached hydrogens (primary N) is 1. The number of alkyl halides is 1. The molecule has 0 bridgehead atoms. The van der Waals surface area contributed by atoms with E-state index in [1.165, 1.54) is 11.1 Å². The fraction of sp³-hybridized carbons (Fsp3) is 0.600. The van der Waals surface area contributed by atoms with Crippen LogP contribution in [-0.2, 0) is 6.42 Å². The standard InChI is InChI=1S/C15H24FN/c1-11-6-7-13(8-12(11)2)9-15(16,10-17)14(3,4)5/h6-8H,9-10,17H2,1-5H3. The topological polar surface area (TPSA) is 26.0 Å². The number of benzene rings is 1. The molecular formula is C15H24FN. The molecule has 0 spiro atoms. The molecule has 0 aromatic heterocycles. The lowest BCUT2D eigenvalue weighted by molar-refractivity contribution is 0.0382. The summed E-state index contributed by atoms with van der Waals surface area (Å²) in [5.41, 5.74) is 7.30. The summed E-state index contributed by atoms with van der Waals surface area (Å²) in [6.07, 6.45) is 0.383. The fourth-order valence-corrected chi connectivity index (χ4v) is 1.88. The molecule has 0 aliphatic heterocycles. The number of hydrogen-bond donors (Lipinski definition) is 1. The number of halogens is 1. The predicted molar refractivity (Wildman–Crippen MR) is 72.0 cm³/mol. The second kappa shape index (κ2) is 4.77. The molecule has 1 aromatic rings. The van der Waals surface area contributed by atoms with Crippen molar-refractivity contribution in [3.05, 3.63) is 34.9 Å². The Bertz CT molecular complexity index is 392. The molecule has 17 heavy (non-hydrogen) atoms. The molecule has 96 valence electrons. The second-order valence-corrected chi connectivity index (χ2v) is 6.01. The molecule has 2 heteroatoms. The molecule has 1 unspecified atom stereocenters. The van der Waals surface area contributed by atoms with Crippen LogP contribution in [0.15, 0.2) is 18.2 Å². The third-order valence-corrected chi connectivity index (χ3v) is 3.72. The minimum Gasteiger partial charge on any atom is -0.327 e. The Balaban J connectivity index is 2.99. The van der Waals surface area contributed by atoms with E-state index in [-0.39, 0.29) is 6.54 Å². The van der Waals surface area contributed by atoms with Gasteiger partial charge in [0.15, 0.2) is 0 Å². The lowest BCUT2D eigenvalue weighted by Crippen LogP contribution is -2.47. The van der Waals surface area contributed by atoms with E-state index in [9.17, 15) is 4.39 Å². The Kier molecular flexibility index (Phi) is 3.98. The van der Waals surface area contributed by atoms with Crippen LogP contribution < -0.4 is 5.73 Å². The van der Waals surface area contributed by atoms with Gasteiger partial charge in [0.1, 0.15) is 5.67 Å². The van der Waals surface area contributed by atoms with E-state index in [2.05, 4.69) is 19.9 Å². The molecule has 0 saturated heterocycles. The van der Waals surface area contributed by atoms with Gasteiger partial charge in [-0.25, -0.2) is 4.39 Å². The molecule has 0 fully saturated rings. The third kappa shape index (κ3) is 3.06. The summed E-state index contributed by atoms with van der Waals surface area (Å²) in [6, 6.07) is 6.10. The van der Waals surface area contributed by atoms with Gasteiger partial charge in [0.2, 0.25) is 0 Å². The molecule has 1 aromatic carbocycles. The smallest absolute Gasteiger partial charge is 0.132 e. The van der Waals surface area contributed by atoms with Gasteiger partial charge < -0.3 is 5.73 Å².